The molecule has 0 spiro atoms. The molecule has 30 heavy (non-hydrogen) atoms. The Morgan fingerprint density at radius 1 is 0.900 bits per heavy atom. The molecule has 0 bridgehead atoms. The highest BCUT2D eigenvalue weighted by Gasteiger charge is 2.41. The van der Waals surface area contributed by atoms with Crippen LogP contribution >= 0.6 is 0 Å². The SMILES string of the molecule is COC(=O)N(C1c2ccccc2-c2ccccc21)[C@H](CCc1ccccc1)C(=O)O. The van der Waals surface area contributed by atoms with Crippen molar-refractivity contribution >= 4 is 12.1 Å². The summed E-state index contributed by atoms with van der Waals surface area (Å²) in [6.45, 7) is 0. The quantitative estimate of drug-likeness (QED) is 0.637. The molecule has 0 saturated carbocycles. The number of hydrogen-bond acceptors (Lipinski definition) is 3. The molecule has 0 heterocycles. The van der Waals surface area contributed by atoms with Crippen LogP contribution in [0.2, 0.25) is 0 Å². The minimum Gasteiger partial charge on any atom is -0.480 e. The van der Waals surface area contributed by atoms with Gasteiger partial charge in [-0.3, -0.25) is 4.90 Å². The number of carboxylic acid groups (broad SMARTS) is 1. The van der Waals surface area contributed by atoms with E-state index in [1.54, 1.807) is 0 Å². The summed E-state index contributed by atoms with van der Waals surface area (Å²) in [6.07, 6.45) is 0.184. The maximum Gasteiger partial charge on any atom is 0.411 e. The Kier molecular flexibility index (Phi) is 5.53. The van der Waals surface area contributed by atoms with E-state index in [2.05, 4.69) is 0 Å². The lowest BCUT2D eigenvalue weighted by molar-refractivity contribution is -0.143. The molecule has 1 aliphatic carbocycles. The fourth-order valence-corrected chi connectivity index (χ4v) is 4.28. The minimum atomic E-state index is -1.04. The summed E-state index contributed by atoms with van der Waals surface area (Å²) in [6, 6.07) is 23.8. The molecule has 1 atom stereocenters. The predicted molar refractivity (Wildman–Crippen MR) is 114 cm³/mol. The van der Waals surface area contributed by atoms with Gasteiger partial charge in [0.25, 0.3) is 0 Å². The van der Waals surface area contributed by atoms with Crippen LogP contribution < -0.4 is 0 Å². The monoisotopic (exact) mass is 401 g/mol. The zero-order chi connectivity index (χ0) is 21.1. The molecule has 1 N–H and O–H groups in total. The van der Waals surface area contributed by atoms with E-state index in [1.807, 2.05) is 78.9 Å². The summed E-state index contributed by atoms with van der Waals surface area (Å²) in [5.41, 5.74) is 4.88. The summed E-state index contributed by atoms with van der Waals surface area (Å²) in [7, 11) is 1.29. The van der Waals surface area contributed by atoms with E-state index in [1.165, 1.54) is 12.0 Å². The second-order valence-corrected chi connectivity index (χ2v) is 7.33. The third kappa shape index (κ3) is 3.54. The highest BCUT2D eigenvalue weighted by Crippen LogP contribution is 2.47. The molecule has 0 aromatic heterocycles. The van der Waals surface area contributed by atoms with Crippen molar-refractivity contribution in [1.29, 1.82) is 0 Å². The van der Waals surface area contributed by atoms with Crippen LogP contribution in [0.15, 0.2) is 78.9 Å². The van der Waals surface area contributed by atoms with Gasteiger partial charge in [0.15, 0.2) is 0 Å². The number of carboxylic acids is 1. The van der Waals surface area contributed by atoms with E-state index in [0.29, 0.717) is 6.42 Å². The van der Waals surface area contributed by atoms with Crippen molar-refractivity contribution in [3.63, 3.8) is 0 Å². The number of rotatable bonds is 6. The van der Waals surface area contributed by atoms with Gasteiger partial charge in [-0.05, 0) is 40.7 Å². The Morgan fingerprint density at radius 3 is 1.97 bits per heavy atom. The van der Waals surface area contributed by atoms with Crippen LogP contribution in [0.25, 0.3) is 11.1 Å². The van der Waals surface area contributed by atoms with Crippen LogP contribution in [0, 0.1) is 0 Å². The van der Waals surface area contributed by atoms with Crippen molar-refractivity contribution in [2.24, 2.45) is 0 Å². The molecule has 1 amide bonds. The van der Waals surface area contributed by atoms with Crippen molar-refractivity contribution in [3.8, 4) is 11.1 Å². The summed E-state index contributed by atoms with van der Waals surface area (Å²) in [5, 5.41) is 10.1. The number of carbonyl (C=O) groups is 2. The first-order chi connectivity index (χ1) is 14.6. The fraction of sp³-hybridized carbons (Fsp3) is 0.200. The Balaban J connectivity index is 1.76. The zero-order valence-electron chi connectivity index (χ0n) is 16.7. The molecule has 0 saturated heterocycles. The van der Waals surface area contributed by atoms with Crippen LogP contribution in [0.1, 0.15) is 29.2 Å². The lowest BCUT2D eigenvalue weighted by Gasteiger charge is -2.34. The number of hydrogen-bond donors (Lipinski definition) is 1. The van der Waals surface area contributed by atoms with E-state index in [-0.39, 0.29) is 6.42 Å². The van der Waals surface area contributed by atoms with Crippen LogP contribution in [0.4, 0.5) is 4.79 Å². The Bertz CT molecular complexity index is 1020. The van der Waals surface area contributed by atoms with Crippen molar-refractivity contribution in [1.82, 2.24) is 4.90 Å². The molecule has 0 fully saturated rings. The van der Waals surface area contributed by atoms with E-state index < -0.39 is 24.1 Å². The number of carbonyl (C=O) groups excluding carboxylic acids is 1. The van der Waals surface area contributed by atoms with Gasteiger partial charge in [0, 0.05) is 0 Å². The Labute approximate surface area is 175 Å². The van der Waals surface area contributed by atoms with Gasteiger partial charge in [-0.25, -0.2) is 9.59 Å². The van der Waals surface area contributed by atoms with Gasteiger partial charge in [0.05, 0.1) is 13.2 Å². The van der Waals surface area contributed by atoms with Gasteiger partial charge in [0.1, 0.15) is 6.04 Å². The van der Waals surface area contributed by atoms with Gasteiger partial charge in [0.2, 0.25) is 0 Å². The molecule has 5 heteroatoms. The van der Waals surface area contributed by atoms with Crippen molar-refractivity contribution < 1.29 is 19.4 Å². The summed E-state index contributed by atoms with van der Waals surface area (Å²) < 4.78 is 5.06. The Morgan fingerprint density at radius 2 is 1.43 bits per heavy atom. The first kappa shape index (κ1) is 19.7. The van der Waals surface area contributed by atoms with E-state index in [4.69, 9.17) is 4.74 Å². The first-order valence-corrected chi connectivity index (χ1v) is 9.93. The van der Waals surface area contributed by atoms with Gasteiger partial charge in [-0.1, -0.05) is 78.9 Å². The second kappa shape index (κ2) is 8.41. The highest BCUT2D eigenvalue weighted by atomic mass is 16.5. The van der Waals surface area contributed by atoms with Crippen LogP contribution in [-0.4, -0.2) is 35.2 Å². The molecule has 4 rings (SSSR count). The molecule has 0 unspecified atom stereocenters. The van der Waals surface area contributed by atoms with E-state index in [9.17, 15) is 14.7 Å². The highest BCUT2D eigenvalue weighted by molar-refractivity contribution is 5.85. The molecule has 5 nitrogen and oxygen atoms in total. The lowest BCUT2D eigenvalue weighted by Crippen LogP contribution is -2.47. The molecule has 3 aromatic rings. The normalized spacial score (nSPS) is 13.2. The third-order valence-electron chi connectivity index (χ3n) is 5.63. The van der Waals surface area contributed by atoms with E-state index >= 15 is 0 Å². The number of aryl methyl sites for hydroxylation is 1. The molecular formula is C25H23NO4. The largest absolute Gasteiger partial charge is 0.480 e. The average Bonchev–Trinajstić information content (AvgIpc) is 3.11. The number of aliphatic carboxylic acids is 1. The second-order valence-electron chi connectivity index (χ2n) is 7.33. The summed E-state index contributed by atoms with van der Waals surface area (Å²) in [4.78, 5) is 26.6. The van der Waals surface area contributed by atoms with Gasteiger partial charge >= 0.3 is 12.1 Å². The van der Waals surface area contributed by atoms with Crippen molar-refractivity contribution in [2.45, 2.75) is 24.9 Å². The molecule has 1 aliphatic rings. The van der Waals surface area contributed by atoms with Crippen LogP contribution in [0.5, 0.6) is 0 Å². The molecular weight excluding hydrogens is 378 g/mol. The number of amides is 1. The third-order valence-corrected chi connectivity index (χ3v) is 5.63. The molecule has 0 radical (unpaired) electrons. The minimum absolute atomic E-state index is 0.287. The Hall–Kier alpha value is -3.60. The lowest BCUT2D eigenvalue weighted by atomic mass is 9.98. The maximum atomic E-state index is 12.9. The van der Waals surface area contributed by atoms with Crippen LogP contribution in [0.3, 0.4) is 0 Å². The molecule has 152 valence electrons. The van der Waals surface area contributed by atoms with E-state index in [0.717, 1.165) is 27.8 Å². The topological polar surface area (TPSA) is 66.8 Å². The van der Waals surface area contributed by atoms with Gasteiger partial charge in [-0.15, -0.1) is 0 Å². The zero-order valence-corrected chi connectivity index (χ0v) is 16.7. The van der Waals surface area contributed by atoms with Gasteiger partial charge in [-0.2, -0.15) is 0 Å². The number of fused-ring (bicyclic) bond motifs is 3. The number of nitrogens with zero attached hydrogens (tertiary/aromatic N) is 1. The summed E-state index contributed by atoms with van der Waals surface area (Å²) in [5.74, 6) is -1.04. The van der Waals surface area contributed by atoms with Crippen molar-refractivity contribution in [2.75, 3.05) is 7.11 Å². The standard InChI is InChI=1S/C25H23NO4/c1-30-25(29)26(22(24(27)28)16-15-17-9-3-2-4-10-17)23-20-13-7-5-11-18(20)19-12-6-8-14-21(19)23/h2-14,22-23H,15-16H2,1H3,(H,27,28)/t22-/m1/s1. The van der Waals surface area contributed by atoms with Crippen molar-refractivity contribution in [3.05, 3.63) is 95.6 Å². The fourth-order valence-electron chi connectivity index (χ4n) is 4.28. The first-order valence-electron chi connectivity index (χ1n) is 9.93. The predicted octanol–water partition coefficient (Wildman–Crippen LogP) is 4.91. The van der Waals surface area contributed by atoms with Gasteiger partial charge < -0.3 is 9.84 Å². The average molecular weight is 401 g/mol. The summed E-state index contributed by atoms with van der Waals surface area (Å²) >= 11 is 0. The number of methoxy groups -OCH3 is 1. The molecule has 3 aromatic carbocycles. The number of ether oxygens (including phenoxy) is 1. The maximum absolute atomic E-state index is 12.9. The molecule has 0 aliphatic heterocycles. The smallest absolute Gasteiger partial charge is 0.411 e. The number of benzene rings is 3. The van der Waals surface area contributed by atoms with Crippen LogP contribution in [-0.2, 0) is 16.0 Å².